The molecule has 0 saturated heterocycles. The smallest absolute Gasteiger partial charge is 0.248 e. The molecular formula is C16H13FN4O. The number of hydrogen-bond acceptors (Lipinski definition) is 4. The lowest BCUT2D eigenvalue weighted by atomic mass is 10.1. The average molecular weight is 296 g/mol. The van der Waals surface area contributed by atoms with Gasteiger partial charge in [0, 0.05) is 17.5 Å². The van der Waals surface area contributed by atoms with Gasteiger partial charge in [-0.15, -0.1) is 0 Å². The maximum atomic E-state index is 13.7. The minimum absolute atomic E-state index is 0.269. The summed E-state index contributed by atoms with van der Waals surface area (Å²) in [5.74, 6) is -0.330. The van der Waals surface area contributed by atoms with Crippen LogP contribution in [0.5, 0.6) is 0 Å². The summed E-state index contributed by atoms with van der Waals surface area (Å²) in [5.41, 5.74) is 6.85. The van der Waals surface area contributed by atoms with Crippen LogP contribution in [0.2, 0.25) is 0 Å². The summed E-state index contributed by atoms with van der Waals surface area (Å²) in [4.78, 5) is 19.3. The fraction of sp³-hybridized carbons (Fsp3) is 0.0625. The van der Waals surface area contributed by atoms with E-state index >= 15 is 0 Å². The Bertz CT molecular complexity index is 850. The largest absolute Gasteiger partial charge is 0.366 e. The van der Waals surface area contributed by atoms with Crippen LogP contribution in [0.1, 0.15) is 15.9 Å². The minimum Gasteiger partial charge on any atom is -0.366 e. The predicted molar refractivity (Wildman–Crippen MR) is 81.8 cm³/mol. The molecule has 3 N–H and O–H groups in total. The molecular weight excluding hydrogens is 283 g/mol. The molecule has 3 rings (SSSR count). The van der Waals surface area contributed by atoms with Crippen molar-refractivity contribution in [1.29, 1.82) is 0 Å². The zero-order valence-corrected chi connectivity index (χ0v) is 11.6. The Hall–Kier alpha value is -3.02. The first-order valence-electron chi connectivity index (χ1n) is 6.67. The zero-order valence-electron chi connectivity index (χ0n) is 11.6. The van der Waals surface area contributed by atoms with Gasteiger partial charge in [-0.1, -0.05) is 18.2 Å². The Kier molecular flexibility index (Phi) is 3.65. The number of para-hydroxylation sites is 1. The molecule has 3 aromatic rings. The van der Waals surface area contributed by atoms with Crippen LogP contribution in [0.25, 0.3) is 10.9 Å². The highest BCUT2D eigenvalue weighted by atomic mass is 19.1. The Morgan fingerprint density at radius 1 is 1.18 bits per heavy atom. The van der Waals surface area contributed by atoms with Crippen molar-refractivity contribution in [3.05, 3.63) is 65.7 Å². The number of nitrogens with one attached hydrogen (secondary N) is 1. The van der Waals surface area contributed by atoms with Gasteiger partial charge in [0.05, 0.1) is 0 Å². The molecule has 0 aliphatic heterocycles. The van der Waals surface area contributed by atoms with Gasteiger partial charge in [0.1, 0.15) is 23.5 Å². The van der Waals surface area contributed by atoms with E-state index in [2.05, 4.69) is 15.3 Å². The number of hydrogen-bond donors (Lipinski definition) is 2. The van der Waals surface area contributed by atoms with Crippen molar-refractivity contribution in [2.45, 2.75) is 6.54 Å². The van der Waals surface area contributed by atoms with E-state index in [1.807, 2.05) is 6.07 Å². The zero-order chi connectivity index (χ0) is 15.5. The molecule has 0 radical (unpaired) electrons. The van der Waals surface area contributed by atoms with E-state index in [0.717, 1.165) is 5.56 Å². The maximum Gasteiger partial charge on any atom is 0.248 e. The molecule has 1 aromatic heterocycles. The number of primary amides is 1. The second kappa shape index (κ2) is 5.77. The molecule has 0 aliphatic rings. The number of carbonyl (C=O) groups is 1. The van der Waals surface area contributed by atoms with Crippen LogP contribution >= 0.6 is 0 Å². The maximum absolute atomic E-state index is 13.7. The third kappa shape index (κ3) is 2.71. The topological polar surface area (TPSA) is 80.9 Å². The number of fused-ring (bicyclic) bond motifs is 1. The van der Waals surface area contributed by atoms with Gasteiger partial charge in [-0.05, 0) is 29.8 Å². The van der Waals surface area contributed by atoms with Gasteiger partial charge in [-0.3, -0.25) is 4.79 Å². The number of anilines is 1. The standard InChI is InChI=1S/C16H13FN4O/c17-13-6-2-5-12-14(13)20-9-21-16(12)19-8-10-3-1-4-11(7-10)15(18)22/h1-7,9H,8H2,(H2,18,22)(H,19,20,21). The van der Waals surface area contributed by atoms with Crippen LogP contribution in [0, 0.1) is 5.82 Å². The number of halogens is 1. The molecule has 22 heavy (non-hydrogen) atoms. The van der Waals surface area contributed by atoms with Crippen LogP contribution in [-0.2, 0) is 6.54 Å². The first kappa shape index (κ1) is 13.9. The highest BCUT2D eigenvalue weighted by Gasteiger charge is 2.07. The van der Waals surface area contributed by atoms with Crippen LogP contribution in [0.15, 0.2) is 48.8 Å². The van der Waals surface area contributed by atoms with E-state index in [0.29, 0.717) is 23.3 Å². The lowest BCUT2D eigenvalue weighted by Crippen LogP contribution is -2.11. The normalized spacial score (nSPS) is 10.6. The van der Waals surface area contributed by atoms with Gasteiger partial charge in [0.15, 0.2) is 0 Å². The van der Waals surface area contributed by atoms with Gasteiger partial charge >= 0.3 is 0 Å². The summed E-state index contributed by atoms with van der Waals surface area (Å²) in [5, 5.41) is 3.73. The summed E-state index contributed by atoms with van der Waals surface area (Å²) in [6.07, 6.45) is 1.31. The van der Waals surface area contributed by atoms with Crippen molar-refractivity contribution in [1.82, 2.24) is 9.97 Å². The first-order valence-corrected chi connectivity index (χ1v) is 6.67. The van der Waals surface area contributed by atoms with E-state index in [1.54, 1.807) is 30.3 Å². The van der Waals surface area contributed by atoms with E-state index in [4.69, 9.17) is 5.73 Å². The number of amides is 1. The lowest BCUT2D eigenvalue weighted by Gasteiger charge is -2.09. The summed E-state index contributed by atoms with van der Waals surface area (Å²) < 4.78 is 13.7. The van der Waals surface area contributed by atoms with Crippen molar-refractivity contribution >= 4 is 22.6 Å². The molecule has 0 atom stereocenters. The van der Waals surface area contributed by atoms with Crippen molar-refractivity contribution in [3.8, 4) is 0 Å². The molecule has 0 unspecified atom stereocenters. The third-order valence-electron chi connectivity index (χ3n) is 3.29. The molecule has 110 valence electrons. The van der Waals surface area contributed by atoms with Crippen molar-refractivity contribution in [3.63, 3.8) is 0 Å². The monoisotopic (exact) mass is 296 g/mol. The number of carbonyl (C=O) groups excluding carboxylic acids is 1. The quantitative estimate of drug-likeness (QED) is 0.775. The van der Waals surface area contributed by atoms with Crippen molar-refractivity contribution in [2.24, 2.45) is 5.73 Å². The summed E-state index contributed by atoms with van der Waals surface area (Å²) in [6, 6.07) is 11.7. The number of rotatable bonds is 4. The van der Waals surface area contributed by atoms with Crippen molar-refractivity contribution < 1.29 is 9.18 Å². The number of benzene rings is 2. The Morgan fingerprint density at radius 3 is 2.82 bits per heavy atom. The molecule has 0 aliphatic carbocycles. The highest BCUT2D eigenvalue weighted by molar-refractivity contribution is 5.93. The van der Waals surface area contributed by atoms with E-state index in [1.165, 1.54) is 12.4 Å². The second-order valence-corrected chi connectivity index (χ2v) is 4.78. The Morgan fingerprint density at radius 2 is 2.00 bits per heavy atom. The number of nitrogens with zero attached hydrogens (tertiary/aromatic N) is 2. The van der Waals surface area contributed by atoms with E-state index in [-0.39, 0.29) is 5.52 Å². The number of nitrogens with two attached hydrogens (primary N) is 1. The van der Waals surface area contributed by atoms with Gasteiger partial charge in [0.2, 0.25) is 5.91 Å². The van der Waals surface area contributed by atoms with Gasteiger partial charge in [0.25, 0.3) is 0 Å². The molecule has 0 saturated carbocycles. The third-order valence-corrected chi connectivity index (χ3v) is 3.29. The molecule has 1 amide bonds. The second-order valence-electron chi connectivity index (χ2n) is 4.78. The average Bonchev–Trinajstić information content (AvgIpc) is 2.53. The fourth-order valence-corrected chi connectivity index (χ4v) is 2.21. The minimum atomic E-state index is -0.476. The number of aromatic nitrogens is 2. The molecule has 2 aromatic carbocycles. The Labute approximate surface area is 126 Å². The molecule has 6 heteroatoms. The van der Waals surface area contributed by atoms with Crippen molar-refractivity contribution in [2.75, 3.05) is 5.32 Å². The summed E-state index contributed by atoms with van der Waals surface area (Å²) in [6.45, 7) is 0.434. The SMILES string of the molecule is NC(=O)c1cccc(CNc2ncnc3c(F)cccc23)c1. The molecule has 5 nitrogen and oxygen atoms in total. The van der Waals surface area contributed by atoms with E-state index in [9.17, 15) is 9.18 Å². The molecule has 0 fully saturated rings. The fourth-order valence-electron chi connectivity index (χ4n) is 2.21. The van der Waals surface area contributed by atoms with Crippen LogP contribution in [-0.4, -0.2) is 15.9 Å². The summed E-state index contributed by atoms with van der Waals surface area (Å²) in [7, 11) is 0. The van der Waals surface area contributed by atoms with Crippen LogP contribution < -0.4 is 11.1 Å². The predicted octanol–water partition coefficient (Wildman–Crippen LogP) is 2.48. The van der Waals surface area contributed by atoms with Crippen LogP contribution in [0.3, 0.4) is 0 Å². The molecule has 0 bridgehead atoms. The lowest BCUT2D eigenvalue weighted by molar-refractivity contribution is 0.1000. The van der Waals surface area contributed by atoms with Gasteiger partial charge in [-0.25, -0.2) is 14.4 Å². The molecule has 1 heterocycles. The van der Waals surface area contributed by atoms with Crippen LogP contribution in [0.4, 0.5) is 10.2 Å². The highest BCUT2D eigenvalue weighted by Crippen LogP contribution is 2.21. The Balaban J connectivity index is 1.87. The first-order chi connectivity index (χ1) is 10.6. The van der Waals surface area contributed by atoms with Gasteiger partial charge in [-0.2, -0.15) is 0 Å². The van der Waals surface area contributed by atoms with Gasteiger partial charge < -0.3 is 11.1 Å². The van der Waals surface area contributed by atoms with E-state index < -0.39 is 11.7 Å². The molecule has 0 spiro atoms. The summed E-state index contributed by atoms with van der Waals surface area (Å²) >= 11 is 0.